The van der Waals surface area contributed by atoms with Crippen LogP contribution in [0.3, 0.4) is 0 Å². The quantitative estimate of drug-likeness (QED) is 0.796. The predicted molar refractivity (Wildman–Crippen MR) is 59.9 cm³/mol. The van der Waals surface area contributed by atoms with E-state index >= 15 is 0 Å². The summed E-state index contributed by atoms with van der Waals surface area (Å²) in [5.41, 5.74) is 1.36. The smallest absolute Gasteiger partial charge is 0.0794 e. The second-order valence-corrected chi connectivity index (χ2v) is 5.89. The molecule has 3 rings (SSSR count). The minimum Gasteiger partial charge on any atom is -0.389 e. The molecule has 2 fully saturated rings. The van der Waals surface area contributed by atoms with Gasteiger partial charge in [-0.15, -0.1) is 11.3 Å². The molecule has 0 amide bonds. The van der Waals surface area contributed by atoms with Gasteiger partial charge in [0, 0.05) is 29.6 Å². The van der Waals surface area contributed by atoms with Gasteiger partial charge in [-0.05, 0) is 25.7 Å². The first-order chi connectivity index (χ1) is 7.23. The van der Waals surface area contributed by atoms with E-state index in [1.807, 2.05) is 11.7 Å². The molecule has 0 aromatic carbocycles. The SMILES string of the molecule is OC1(Cc2cncs2)CC2CCC(C1)N2. The third-order valence-electron chi connectivity index (χ3n) is 3.57. The third-order valence-corrected chi connectivity index (χ3v) is 4.35. The van der Waals surface area contributed by atoms with Gasteiger partial charge >= 0.3 is 0 Å². The maximum atomic E-state index is 10.6. The lowest BCUT2D eigenvalue weighted by Gasteiger charge is -2.36. The van der Waals surface area contributed by atoms with Gasteiger partial charge < -0.3 is 10.4 Å². The van der Waals surface area contributed by atoms with Crippen molar-refractivity contribution in [3.63, 3.8) is 0 Å². The molecule has 0 radical (unpaired) electrons. The lowest BCUT2D eigenvalue weighted by Crippen LogP contribution is -2.49. The molecule has 1 aromatic rings. The van der Waals surface area contributed by atoms with Crippen molar-refractivity contribution in [2.75, 3.05) is 0 Å². The third kappa shape index (κ3) is 1.94. The average Bonchev–Trinajstić information content (AvgIpc) is 2.76. The van der Waals surface area contributed by atoms with E-state index < -0.39 is 5.60 Å². The summed E-state index contributed by atoms with van der Waals surface area (Å²) in [6, 6.07) is 1.09. The highest BCUT2D eigenvalue weighted by Gasteiger charge is 2.42. The van der Waals surface area contributed by atoms with E-state index in [1.54, 1.807) is 11.3 Å². The van der Waals surface area contributed by atoms with Crippen LogP contribution >= 0.6 is 11.3 Å². The summed E-state index contributed by atoms with van der Waals surface area (Å²) >= 11 is 1.65. The lowest BCUT2D eigenvalue weighted by molar-refractivity contribution is -0.00546. The molecule has 15 heavy (non-hydrogen) atoms. The number of aliphatic hydroxyl groups is 1. The van der Waals surface area contributed by atoms with Crippen molar-refractivity contribution >= 4 is 11.3 Å². The molecule has 2 unspecified atom stereocenters. The van der Waals surface area contributed by atoms with Gasteiger partial charge in [0.1, 0.15) is 0 Å². The van der Waals surface area contributed by atoms with Gasteiger partial charge in [0.2, 0.25) is 0 Å². The van der Waals surface area contributed by atoms with Crippen LogP contribution in [0.5, 0.6) is 0 Å². The minimum atomic E-state index is -0.483. The van der Waals surface area contributed by atoms with E-state index in [4.69, 9.17) is 0 Å². The topological polar surface area (TPSA) is 45.2 Å². The van der Waals surface area contributed by atoms with Gasteiger partial charge in [0.15, 0.2) is 0 Å². The van der Waals surface area contributed by atoms with Crippen molar-refractivity contribution in [1.82, 2.24) is 10.3 Å². The number of fused-ring (bicyclic) bond motifs is 2. The molecule has 2 saturated heterocycles. The van der Waals surface area contributed by atoms with Crippen LogP contribution in [0.4, 0.5) is 0 Å². The second kappa shape index (κ2) is 3.54. The molecule has 2 aliphatic rings. The maximum absolute atomic E-state index is 10.6. The first-order valence-electron chi connectivity index (χ1n) is 5.59. The Labute approximate surface area is 93.5 Å². The van der Waals surface area contributed by atoms with Gasteiger partial charge in [0.05, 0.1) is 11.1 Å². The fraction of sp³-hybridized carbons (Fsp3) is 0.727. The number of thiazole rings is 1. The molecule has 1 aromatic heterocycles. The Morgan fingerprint density at radius 2 is 2.20 bits per heavy atom. The molecular formula is C11H16N2OS. The largest absolute Gasteiger partial charge is 0.389 e. The van der Waals surface area contributed by atoms with E-state index in [1.165, 1.54) is 17.7 Å². The Balaban J connectivity index is 1.74. The zero-order chi connectivity index (χ0) is 10.3. The van der Waals surface area contributed by atoms with E-state index in [9.17, 15) is 5.11 Å². The second-order valence-electron chi connectivity index (χ2n) is 4.91. The van der Waals surface area contributed by atoms with E-state index in [-0.39, 0.29) is 0 Å². The summed E-state index contributed by atoms with van der Waals surface area (Å²) in [4.78, 5) is 5.27. The Morgan fingerprint density at radius 1 is 1.47 bits per heavy atom. The zero-order valence-corrected chi connectivity index (χ0v) is 9.46. The van der Waals surface area contributed by atoms with E-state index in [0.717, 1.165) is 19.3 Å². The fourth-order valence-electron chi connectivity index (χ4n) is 3.02. The Kier molecular flexibility index (Phi) is 2.30. The van der Waals surface area contributed by atoms with Crippen LogP contribution in [-0.4, -0.2) is 27.8 Å². The van der Waals surface area contributed by atoms with Crippen LogP contribution < -0.4 is 5.32 Å². The minimum absolute atomic E-state index is 0.483. The summed E-state index contributed by atoms with van der Waals surface area (Å²) in [6.07, 6.45) is 6.94. The number of nitrogens with zero attached hydrogens (tertiary/aromatic N) is 1. The first kappa shape index (κ1) is 9.75. The van der Waals surface area contributed by atoms with Gasteiger partial charge in [-0.1, -0.05) is 0 Å². The lowest BCUT2D eigenvalue weighted by atomic mass is 9.84. The molecule has 0 saturated carbocycles. The van der Waals surface area contributed by atoms with Crippen molar-refractivity contribution in [3.05, 3.63) is 16.6 Å². The van der Waals surface area contributed by atoms with Crippen LogP contribution in [0.2, 0.25) is 0 Å². The highest BCUT2D eigenvalue weighted by atomic mass is 32.1. The molecule has 0 aliphatic carbocycles. The van der Waals surface area contributed by atoms with Crippen molar-refractivity contribution in [2.45, 2.75) is 49.8 Å². The number of aromatic nitrogens is 1. The zero-order valence-electron chi connectivity index (χ0n) is 8.65. The summed E-state index contributed by atoms with van der Waals surface area (Å²) in [5.74, 6) is 0. The number of piperidine rings is 1. The van der Waals surface area contributed by atoms with Crippen LogP contribution in [0.25, 0.3) is 0 Å². The maximum Gasteiger partial charge on any atom is 0.0794 e. The van der Waals surface area contributed by atoms with Crippen molar-refractivity contribution < 1.29 is 5.11 Å². The normalized spacial score (nSPS) is 39.5. The molecule has 2 N–H and O–H groups in total. The highest BCUT2D eigenvalue weighted by molar-refractivity contribution is 7.09. The van der Waals surface area contributed by atoms with Gasteiger partial charge in [-0.3, -0.25) is 4.98 Å². The molecular weight excluding hydrogens is 208 g/mol. The number of hydrogen-bond donors (Lipinski definition) is 2. The molecule has 3 nitrogen and oxygen atoms in total. The highest BCUT2D eigenvalue weighted by Crippen LogP contribution is 2.36. The molecule has 82 valence electrons. The van der Waals surface area contributed by atoms with Crippen LogP contribution in [0, 0.1) is 0 Å². The number of nitrogens with one attached hydrogen (secondary N) is 1. The molecule has 3 heterocycles. The van der Waals surface area contributed by atoms with Crippen LogP contribution in [0.1, 0.15) is 30.6 Å². The first-order valence-corrected chi connectivity index (χ1v) is 6.47. The van der Waals surface area contributed by atoms with Gasteiger partial charge in [-0.25, -0.2) is 0 Å². The predicted octanol–water partition coefficient (Wildman–Crippen LogP) is 1.33. The average molecular weight is 224 g/mol. The van der Waals surface area contributed by atoms with Gasteiger partial charge in [0.25, 0.3) is 0 Å². The summed E-state index contributed by atoms with van der Waals surface area (Å²) in [6.45, 7) is 0. The van der Waals surface area contributed by atoms with Crippen molar-refractivity contribution in [3.8, 4) is 0 Å². The summed E-state index contributed by atoms with van der Waals surface area (Å²) in [5, 5.41) is 14.1. The molecule has 2 atom stereocenters. The Hall–Kier alpha value is -0.450. The molecule has 0 spiro atoms. The Morgan fingerprint density at radius 3 is 2.80 bits per heavy atom. The number of hydrogen-bond acceptors (Lipinski definition) is 4. The summed E-state index contributed by atoms with van der Waals surface area (Å²) in [7, 11) is 0. The molecule has 2 bridgehead atoms. The molecule has 2 aliphatic heterocycles. The van der Waals surface area contributed by atoms with E-state index in [0.29, 0.717) is 12.1 Å². The molecule has 4 heteroatoms. The standard InChI is InChI=1S/C11H16N2OS/c14-11(5-10-6-12-7-15-10)3-8-1-2-9(4-11)13-8/h6-9,13-14H,1-5H2. The van der Waals surface area contributed by atoms with Crippen LogP contribution in [0.15, 0.2) is 11.7 Å². The summed E-state index contributed by atoms with van der Waals surface area (Å²) < 4.78 is 0. The number of rotatable bonds is 2. The van der Waals surface area contributed by atoms with Crippen LogP contribution in [-0.2, 0) is 6.42 Å². The van der Waals surface area contributed by atoms with E-state index in [2.05, 4.69) is 10.3 Å². The Bertz CT molecular complexity index is 326. The van der Waals surface area contributed by atoms with Crippen molar-refractivity contribution in [2.24, 2.45) is 0 Å². The van der Waals surface area contributed by atoms with Gasteiger partial charge in [-0.2, -0.15) is 0 Å². The fourth-order valence-corrected chi connectivity index (χ4v) is 3.75. The monoisotopic (exact) mass is 224 g/mol. The van der Waals surface area contributed by atoms with Crippen molar-refractivity contribution in [1.29, 1.82) is 0 Å².